The number of Topliss-reactive ketones (excluding diaryl/α,β-unsaturated/α-hetero) is 1. The molecule has 0 aromatic carbocycles. The van der Waals surface area contributed by atoms with Crippen LogP contribution in [0.2, 0.25) is 0 Å². The van der Waals surface area contributed by atoms with Gasteiger partial charge < -0.3 is 9.73 Å². The summed E-state index contributed by atoms with van der Waals surface area (Å²) in [5.74, 6) is 1.01. The molecule has 0 saturated carbocycles. The summed E-state index contributed by atoms with van der Waals surface area (Å²) in [7, 11) is 0. The van der Waals surface area contributed by atoms with Gasteiger partial charge in [-0.05, 0) is 25.7 Å². The van der Waals surface area contributed by atoms with Crippen LogP contribution in [0, 0.1) is 5.92 Å². The minimum absolute atomic E-state index is 0.0247. The van der Waals surface area contributed by atoms with Gasteiger partial charge in [0.05, 0.1) is 11.1 Å². The third-order valence-electron chi connectivity index (χ3n) is 3.40. The molecule has 1 aromatic heterocycles. The highest BCUT2D eigenvalue weighted by Gasteiger charge is 2.28. The molecule has 1 aliphatic carbocycles. The molecule has 0 saturated heterocycles. The Morgan fingerprint density at radius 1 is 1.37 bits per heavy atom. The summed E-state index contributed by atoms with van der Waals surface area (Å²) in [6.07, 6.45) is 4.40. The van der Waals surface area contributed by atoms with Crippen molar-refractivity contribution in [2.24, 2.45) is 5.92 Å². The lowest BCUT2D eigenvalue weighted by Gasteiger charge is -2.16. The number of aryl methyl sites for hydroxylation is 1. The summed E-state index contributed by atoms with van der Waals surface area (Å²) in [4.78, 5) is 24.1. The summed E-state index contributed by atoms with van der Waals surface area (Å²) < 4.78 is 5.36. The Labute approximate surface area is 113 Å². The van der Waals surface area contributed by atoms with Gasteiger partial charge in [0.25, 0.3) is 5.91 Å². The number of ketones is 1. The van der Waals surface area contributed by atoms with E-state index in [-0.39, 0.29) is 17.7 Å². The van der Waals surface area contributed by atoms with Crippen LogP contribution in [0.5, 0.6) is 0 Å². The van der Waals surface area contributed by atoms with Crippen LogP contribution >= 0.6 is 0 Å². The SMILES string of the molecule is CC(C)C[C@@H](C)NC(=O)c1coc2c1C(=O)CCC2. The molecule has 1 heterocycles. The van der Waals surface area contributed by atoms with Crippen molar-refractivity contribution < 1.29 is 14.0 Å². The topological polar surface area (TPSA) is 59.3 Å². The Bertz CT molecular complexity index is 488. The maximum atomic E-state index is 12.2. The summed E-state index contributed by atoms with van der Waals surface area (Å²) >= 11 is 0. The molecule has 1 aliphatic rings. The molecule has 1 amide bonds. The van der Waals surface area contributed by atoms with Crippen molar-refractivity contribution in [2.45, 2.75) is 52.5 Å². The number of hydrogen-bond acceptors (Lipinski definition) is 3. The van der Waals surface area contributed by atoms with Crippen LogP contribution < -0.4 is 5.32 Å². The van der Waals surface area contributed by atoms with Crippen molar-refractivity contribution in [3.8, 4) is 0 Å². The predicted octanol–water partition coefficient (Wildman–Crippen LogP) is 2.96. The summed E-state index contributed by atoms with van der Waals surface area (Å²) in [5, 5.41) is 2.93. The first kappa shape index (κ1) is 13.8. The molecule has 0 radical (unpaired) electrons. The second kappa shape index (κ2) is 5.59. The molecule has 4 heteroatoms. The third kappa shape index (κ3) is 3.06. The molecule has 104 valence electrons. The number of furan rings is 1. The van der Waals surface area contributed by atoms with Crippen molar-refractivity contribution in [1.82, 2.24) is 5.32 Å². The van der Waals surface area contributed by atoms with Gasteiger partial charge in [-0.25, -0.2) is 0 Å². The normalized spacial score (nSPS) is 16.3. The maximum absolute atomic E-state index is 12.2. The van der Waals surface area contributed by atoms with E-state index in [1.165, 1.54) is 6.26 Å². The second-order valence-corrected chi connectivity index (χ2v) is 5.73. The number of carbonyl (C=O) groups excluding carboxylic acids is 2. The average molecular weight is 263 g/mol. The fourth-order valence-corrected chi connectivity index (χ4v) is 2.66. The molecule has 4 nitrogen and oxygen atoms in total. The van der Waals surface area contributed by atoms with Crippen molar-refractivity contribution in [3.05, 3.63) is 23.2 Å². The summed E-state index contributed by atoms with van der Waals surface area (Å²) in [5.41, 5.74) is 0.899. The van der Waals surface area contributed by atoms with Crippen LogP contribution in [-0.2, 0) is 6.42 Å². The fourth-order valence-electron chi connectivity index (χ4n) is 2.66. The van der Waals surface area contributed by atoms with E-state index >= 15 is 0 Å². The summed E-state index contributed by atoms with van der Waals surface area (Å²) in [6, 6.07) is 0.0942. The molecule has 0 spiro atoms. The van der Waals surface area contributed by atoms with Gasteiger partial charge in [-0.2, -0.15) is 0 Å². The smallest absolute Gasteiger partial charge is 0.255 e. The Hall–Kier alpha value is -1.58. The first-order valence-corrected chi connectivity index (χ1v) is 6.93. The van der Waals surface area contributed by atoms with E-state index in [0.29, 0.717) is 29.2 Å². The van der Waals surface area contributed by atoms with Crippen LogP contribution in [0.1, 0.15) is 66.5 Å². The van der Waals surface area contributed by atoms with E-state index in [4.69, 9.17) is 4.42 Å². The van der Waals surface area contributed by atoms with Gasteiger partial charge in [-0.15, -0.1) is 0 Å². The molecule has 1 N–H and O–H groups in total. The summed E-state index contributed by atoms with van der Waals surface area (Å²) in [6.45, 7) is 6.21. The van der Waals surface area contributed by atoms with E-state index < -0.39 is 0 Å². The standard InChI is InChI=1S/C15H21NO3/c1-9(2)7-10(3)16-15(18)11-8-19-13-6-4-5-12(17)14(11)13/h8-10H,4-7H2,1-3H3,(H,16,18)/t10-/m1/s1. The van der Waals surface area contributed by atoms with Crippen molar-refractivity contribution in [2.75, 3.05) is 0 Å². The highest BCUT2D eigenvalue weighted by molar-refractivity contribution is 6.09. The highest BCUT2D eigenvalue weighted by Crippen LogP contribution is 2.26. The minimum Gasteiger partial charge on any atom is -0.468 e. The molecule has 0 aliphatic heterocycles. The quantitative estimate of drug-likeness (QED) is 0.908. The zero-order valence-electron chi connectivity index (χ0n) is 11.8. The molecule has 2 rings (SSSR count). The monoisotopic (exact) mass is 263 g/mol. The van der Waals surface area contributed by atoms with Crippen LogP contribution in [0.15, 0.2) is 10.7 Å². The van der Waals surface area contributed by atoms with Gasteiger partial charge in [-0.3, -0.25) is 9.59 Å². The van der Waals surface area contributed by atoms with Gasteiger partial charge in [0.2, 0.25) is 0 Å². The predicted molar refractivity (Wildman–Crippen MR) is 72.4 cm³/mol. The Kier molecular flexibility index (Phi) is 4.08. The molecule has 1 atom stereocenters. The molecular weight excluding hydrogens is 242 g/mol. The average Bonchev–Trinajstić information content (AvgIpc) is 2.72. The first-order chi connectivity index (χ1) is 8.99. The lowest BCUT2D eigenvalue weighted by Crippen LogP contribution is -2.34. The molecular formula is C15H21NO3. The Morgan fingerprint density at radius 3 is 2.79 bits per heavy atom. The number of amides is 1. The van der Waals surface area contributed by atoms with Gasteiger partial charge >= 0.3 is 0 Å². The number of nitrogens with one attached hydrogen (secondary N) is 1. The highest BCUT2D eigenvalue weighted by atomic mass is 16.3. The largest absolute Gasteiger partial charge is 0.468 e. The van der Waals surface area contributed by atoms with Crippen molar-refractivity contribution in [3.63, 3.8) is 0 Å². The Morgan fingerprint density at radius 2 is 2.11 bits per heavy atom. The Balaban J connectivity index is 2.12. The van der Waals surface area contributed by atoms with E-state index in [1.807, 2.05) is 6.92 Å². The molecule has 0 unspecified atom stereocenters. The third-order valence-corrected chi connectivity index (χ3v) is 3.40. The fraction of sp³-hybridized carbons (Fsp3) is 0.600. The number of fused-ring (bicyclic) bond motifs is 1. The van der Waals surface area contributed by atoms with Crippen LogP contribution in [0.25, 0.3) is 0 Å². The van der Waals surface area contributed by atoms with E-state index in [2.05, 4.69) is 19.2 Å². The van der Waals surface area contributed by atoms with Crippen molar-refractivity contribution >= 4 is 11.7 Å². The van der Waals surface area contributed by atoms with E-state index in [0.717, 1.165) is 19.3 Å². The van der Waals surface area contributed by atoms with Gasteiger partial charge in [-0.1, -0.05) is 13.8 Å². The first-order valence-electron chi connectivity index (χ1n) is 6.93. The van der Waals surface area contributed by atoms with E-state index in [1.54, 1.807) is 0 Å². The lowest BCUT2D eigenvalue weighted by atomic mass is 9.93. The molecule has 1 aromatic rings. The van der Waals surface area contributed by atoms with Crippen LogP contribution in [-0.4, -0.2) is 17.7 Å². The van der Waals surface area contributed by atoms with Gasteiger partial charge in [0.15, 0.2) is 5.78 Å². The molecule has 0 fully saturated rings. The zero-order valence-corrected chi connectivity index (χ0v) is 11.8. The minimum atomic E-state index is -0.201. The second-order valence-electron chi connectivity index (χ2n) is 5.73. The number of rotatable bonds is 4. The molecule has 0 bridgehead atoms. The van der Waals surface area contributed by atoms with Crippen LogP contribution in [0.3, 0.4) is 0 Å². The number of carbonyl (C=O) groups is 2. The molecule has 19 heavy (non-hydrogen) atoms. The van der Waals surface area contributed by atoms with Gasteiger partial charge in [0, 0.05) is 18.9 Å². The van der Waals surface area contributed by atoms with Crippen LogP contribution in [0.4, 0.5) is 0 Å². The lowest BCUT2D eigenvalue weighted by molar-refractivity contribution is 0.0915. The van der Waals surface area contributed by atoms with Crippen molar-refractivity contribution in [1.29, 1.82) is 0 Å². The van der Waals surface area contributed by atoms with Gasteiger partial charge in [0.1, 0.15) is 12.0 Å². The number of hydrogen-bond donors (Lipinski definition) is 1. The zero-order chi connectivity index (χ0) is 14.0. The maximum Gasteiger partial charge on any atom is 0.255 e. The van der Waals surface area contributed by atoms with E-state index in [9.17, 15) is 9.59 Å².